The number of carbonyl (C=O) groups is 1. The highest BCUT2D eigenvalue weighted by Gasteiger charge is 2.26. The van der Waals surface area contributed by atoms with Crippen LogP contribution in [0, 0.1) is 0 Å². The van der Waals surface area contributed by atoms with E-state index in [9.17, 15) is 9.36 Å². The van der Waals surface area contributed by atoms with Gasteiger partial charge in [0, 0.05) is 37.5 Å². The summed E-state index contributed by atoms with van der Waals surface area (Å²) in [5.41, 5.74) is 12.4. The highest BCUT2D eigenvalue weighted by Crippen LogP contribution is 2.42. The zero-order valence-corrected chi connectivity index (χ0v) is 12.7. The van der Waals surface area contributed by atoms with Gasteiger partial charge in [-0.2, -0.15) is 5.10 Å². The van der Waals surface area contributed by atoms with Crippen molar-refractivity contribution in [2.45, 2.75) is 6.42 Å². The van der Waals surface area contributed by atoms with Gasteiger partial charge < -0.3 is 10.3 Å². The van der Waals surface area contributed by atoms with E-state index in [1.54, 1.807) is 0 Å². The van der Waals surface area contributed by atoms with E-state index < -0.39 is 13.7 Å². The summed E-state index contributed by atoms with van der Waals surface area (Å²) in [6.45, 7) is 0.720. The lowest BCUT2D eigenvalue weighted by atomic mass is 10.5. The number of urea groups is 1. The maximum Gasteiger partial charge on any atom is 0.340 e. The minimum absolute atomic E-state index is 0.0821. The van der Waals surface area contributed by atoms with Gasteiger partial charge in [0.1, 0.15) is 0 Å². The maximum absolute atomic E-state index is 12.1. The van der Waals surface area contributed by atoms with Crippen molar-refractivity contribution in [2.75, 3.05) is 31.5 Å². The van der Waals surface area contributed by atoms with Crippen LogP contribution in [0.4, 0.5) is 4.79 Å². The van der Waals surface area contributed by atoms with Gasteiger partial charge in [0.05, 0.1) is 6.61 Å². The van der Waals surface area contributed by atoms with Crippen LogP contribution in [0.25, 0.3) is 0 Å². The first kappa shape index (κ1) is 18.6. The van der Waals surface area contributed by atoms with Gasteiger partial charge in [-0.15, -0.1) is 23.2 Å². The minimum atomic E-state index is -3.41. The third-order valence-electron chi connectivity index (χ3n) is 1.87. The Morgan fingerprint density at radius 2 is 2.00 bits per heavy atom. The molecule has 0 spiro atoms. The monoisotopic (exact) mass is 333 g/mol. The number of rotatable bonds is 10. The second-order valence-corrected chi connectivity index (χ2v) is 6.01. The molecule has 2 amide bonds. The molecule has 5 N–H and O–H groups in total. The molecule has 0 aliphatic heterocycles. The molecule has 0 radical (unpaired) electrons. The van der Waals surface area contributed by atoms with E-state index >= 15 is 0 Å². The number of primary amides is 1. The molecule has 0 aliphatic rings. The second kappa shape index (κ2) is 10.4. The van der Waals surface area contributed by atoms with Gasteiger partial charge in [0.15, 0.2) is 0 Å². The van der Waals surface area contributed by atoms with E-state index in [-0.39, 0.29) is 18.4 Å². The molecule has 8 nitrogen and oxygen atoms in total. The van der Waals surface area contributed by atoms with Crippen LogP contribution in [0.2, 0.25) is 0 Å². The molecule has 1 atom stereocenters. The standard InChI is InChI=1S/C8H18Cl2N5O3P/c9-2-5-15(6-3-10)19(12,17)18-7-1-4-13-14-8(11)16/h4H,1-3,5-7H2,(H2,12,17)(H3,11,14,16). The lowest BCUT2D eigenvalue weighted by Crippen LogP contribution is -2.29. The van der Waals surface area contributed by atoms with Crippen molar-refractivity contribution in [3.8, 4) is 0 Å². The fourth-order valence-electron chi connectivity index (χ4n) is 1.08. The Kier molecular flexibility index (Phi) is 10.2. The van der Waals surface area contributed by atoms with Gasteiger partial charge in [-0.1, -0.05) is 0 Å². The number of hydrogen-bond acceptors (Lipinski definition) is 4. The number of carbonyl (C=O) groups excluding carboxylic acids is 1. The normalized spacial score (nSPS) is 14.7. The average Bonchev–Trinajstić information content (AvgIpc) is 2.33. The van der Waals surface area contributed by atoms with Crippen LogP contribution in [0.15, 0.2) is 5.10 Å². The first-order chi connectivity index (χ1) is 8.94. The fourth-order valence-corrected chi connectivity index (χ4v) is 3.01. The summed E-state index contributed by atoms with van der Waals surface area (Å²) in [5, 5.41) is 3.49. The Bertz CT molecular complexity index is 338. The molecule has 19 heavy (non-hydrogen) atoms. The molecule has 112 valence electrons. The lowest BCUT2D eigenvalue weighted by Gasteiger charge is -2.26. The number of nitrogens with zero attached hydrogens (tertiary/aromatic N) is 2. The number of alkyl halides is 2. The van der Waals surface area contributed by atoms with E-state index in [1.165, 1.54) is 10.9 Å². The van der Waals surface area contributed by atoms with E-state index in [0.29, 0.717) is 19.5 Å². The number of halogens is 2. The quantitative estimate of drug-likeness (QED) is 0.180. The summed E-state index contributed by atoms with van der Waals surface area (Å²) in [7, 11) is -3.41. The molecule has 0 aromatic rings. The molecule has 0 heterocycles. The van der Waals surface area contributed by atoms with E-state index in [1.807, 2.05) is 5.43 Å². The Balaban J connectivity index is 4.09. The van der Waals surface area contributed by atoms with E-state index in [4.69, 9.17) is 39.0 Å². The predicted octanol–water partition coefficient (Wildman–Crippen LogP) is 0.894. The minimum Gasteiger partial charge on any atom is -0.350 e. The zero-order chi connectivity index (χ0) is 14.7. The number of nitrogens with one attached hydrogen (secondary N) is 1. The Morgan fingerprint density at radius 1 is 1.42 bits per heavy atom. The molecular weight excluding hydrogens is 316 g/mol. The van der Waals surface area contributed by atoms with Gasteiger partial charge in [-0.25, -0.2) is 20.4 Å². The zero-order valence-electron chi connectivity index (χ0n) is 10.3. The van der Waals surface area contributed by atoms with Crippen LogP contribution in [-0.4, -0.2) is 48.4 Å². The summed E-state index contributed by atoms with van der Waals surface area (Å²) < 4.78 is 18.6. The van der Waals surface area contributed by atoms with Gasteiger partial charge in [0.2, 0.25) is 0 Å². The predicted molar refractivity (Wildman–Crippen MR) is 76.6 cm³/mol. The topological polar surface area (TPSA) is 123 Å². The second-order valence-electron chi connectivity index (χ2n) is 3.31. The van der Waals surface area contributed by atoms with Crippen LogP contribution in [-0.2, 0) is 9.09 Å². The smallest absolute Gasteiger partial charge is 0.340 e. The van der Waals surface area contributed by atoms with E-state index in [2.05, 4.69) is 5.10 Å². The summed E-state index contributed by atoms with van der Waals surface area (Å²) >= 11 is 11.2. The molecule has 0 saturated carbocycles. The number of amides is 2. The summed E-state index contributed by atoms with van der Waals surface area (Å²) in [6.07, 6.45) is 1.68. The van der Waals surface area contributed by atoms with E-state index in [0.717, 1.165) is 0 Å². The van der Waals surface area contributed by atoms with Crippen molar-refractivity contribution < 1.29 is 13.9 Å². The van der Waals surface area contributed by atoms with Gasteiger partial charge in [-0.05, 0) is 0 Å². The summed E-state index contributed by atoms with van der Waals surface area (Å²) in [5.74, 6) is 0.539. The van der Waals surface area contributed by atoms with Crippen LogP contribution in [0.1, 0.15) is 6.42 Å². The molecule has 11 heteroatoms. The molecule has 0 bridgehead atoms. The van der Waals surface area contributed by atoms with Crippen molar-refractivity contribution in [1.29, 1.82) is 0 Å². The third kappa shape index (κ3) is 9.21. The van der Waals surface area contributed by atoms with Gasteiger partial charge in [0.25, 0.3) is 0 Å². The molecular formula is C8H18Cl2N5O3P. The van der Waals surface area contributed by atoms with Crippen LogP contribution >= 0.6 is 30.9 Å². The number of hydrogen-bond donors (Lipinski definition) is 3. The Morgan fingerprint density at radius 3 is 2.47 bits per heavy atom. The summed E-state index contributed by atoms with van der Waals surface area (Å²) in [4.78, 5) is 10.3. The Hall–Kier alpha value is -0.370. The molecule has 0 aromatic carbocycles. The number of nitrogens with two attached hydrogens (primary N) is 2. The molecule has 0 aliphatic carbocycles. The van der Waals surface area contributed by atoms with Crippen molar-refractivity contribution in [3.63, 3.8) is 0 Å². The first-order valence-electron chi connectivity index (χ1n) is 5.41. The highest BCUT2D eigenvalue weighted by molar-refractivity contribution is 7.53. The van der Waals surface area contributed by atoms with Crippen molar-refractivity contribution in [3.05, 3.63) is 0 Å². The molecule has 0 fully saturated rings. The average molecular weight is 334 g/mol. The van der Waals surface area contributed by atoms with Crippen LogP contribution in [0.5, 0.6) is 0 Å². The van der Waals surface area contributed by atoms with Gasteiger partial charge >= 0.3 is 13.7 Å². The lowest BCUT2D eigenvalue weighted by molar-refractivity contribution is 0.249. The molecule has 0 aromatic heterocycles. The highest BCUT2D eigenvalue weighted by atomic mass is 35.5. The van der Waals surface area contributed by atoms with Crippen LogP contribution in [0.3, 0.4) is 0 Å². The molecule has 0 saturated heterocycles. The van der Waals surface area contributed by atoms with Crippen LogP contribution < -0.4 is 16.7 Å². The van der Waals surface area contributed by atoms with Gasteiger partial charge in [-0.3, -0.25) is 4.57 Å². The fraction of sp³-hybridized carbons (Fsp3) is 0.750. The maximum atomic E-state index is 12.1. The Labute approximate surface area is 122 Å². The number of hydrazone groups is 1. The first-order valence-corrected chi connectivity index (χ1v) is 8.13. The molecule has 1 unspecified atom stereocenters. The van der Waals surface area contributed by atoms with Crippen molar-refractivity contribution in [2.24, 2.45) is 16.3 Å². The third-order valence-corrected chi connectivity index (χ3v) is 3.95. The van der Waals surface area contributed by atoms with Crippen molar-refractivity contribution >= 4 is 43.1 Å². The SMILES string of the molecule is NC(=O)NN=CCCOP(N)(=O)N(CCCl)CCCl. The molecule has 0 rings (SSSR count). The summed E-state index contributed by atoms with van der Waals surface area (Å²) in [6, 6.07) is -0.767. The van der Waals surface area contributed by atoms with Crippen molar-refractivity contribution in [1.82, 2.24) is 10.1 Å². The largest absolute Gasteiger partial charge is 0.350 e.